The highest BCUT2D eigenvalue weighted by molar-refractivity contribution is 6.33. The molecule has 1 amide bonds. The maximum Gasteiger partial charge on any atom is 0.289 e. The van der Waals surface area contributed by atoms with Crippen LogP contribution in [0.4, 0.5) is 0 Å². The summed E-state index contributed by atoms with van der Waals surface area (Å²) >= 11 is 6.05. The highest BCUT2D eigenvalue weighted by Crippen LogP contribution is 2.21. The van der Waals surface area contributed by atoms with Crippen molar-refractivity contribution in [1.29, 1.82) is 0 Å². The van der Waals surface area contributed by atoms with E-state index >= 15 is 0 Å². The van der Waals surface area contributed by atoms with E-state index in [4.69, 9.17) is 16.3 Å². The maximum atomic E-state index is 12.3. The lowest BCUT2D eigenvalue weighted by molar-refractivity contribution is 0.0950. The Morgan fingerprint density at radius 2 is 1.89 bits per heavy atom. The van der Waals surface area contributed by atoms with E-state index in [1.807, 2.05) is 55.5 Å². The largest absolute Gasteiger partial charge is 0.494 e. The summed E-state index contributed by atoms with van der Waals surface area (Å²) in [4.78, 5) is 16.7. The van der Waals surface area contributed by atoms with Crippen LogP contribution in [-0.4, -0.2) is 23.7 Å². The van der Waals surface area contributed by atoms with E-state index in [-0.39, 0.29) is 5.69 Å². The minimum absolute atomic E-state index is 0.276. The summed E-state index contributed by atoms with van der Waals surface area (Å²) in [6.45, 7) is 2.55. The van der Waals surface area contributed by atoms with E-state index in [0.29, 0.717) is 17.3 Å². The van der Waals surface area contributed by atoms with E-state index in [0.717, 1.165) is 16.9 Å². The molecule has 2 aromatic carbocycles. The van der Waals surface area contributed by atoms with Crippen molar-refractivity contribution in [3.05, 3.63) is 83.0 Å². The third kappa shape index (κ3) is 4.92. The van der Waals surface area contributed by atoms with Gasteiger partial charge in [-0.2, -0.15) is 5.10 Å². The molecule has 3 rings (SSSR count). The third-order valence-corrected chi connectivity index (χ3v) is 4.06. The molecule has 136 valence electrons. The van der Waals surface area contributed by atoms with Crippen molar-refractivity contribution < 1.29 is 9.53 Å². The Morgan fingerprint density at radius 1 is 1.11 bits per heavy atom. The summed E-state index contributed by atoms with van der Waals surface area (Å²) in [7, 11) is 0. The summed E-state index contributed by atoms with van der Waals surface area (Å²) in [6, 6.07) is 20.1. The van der Waals surface area contributed by atoms with Gasteiger partial charge in [-0.15, -0.1) is 0 Å². The SMILES string of the molecule is CCOc1ccc(-c2cccc(C(=O)N/N=C/c3ccccc3Cl)n2)cc1. The molecule has 27 heavy (non-hydrogen) atoms. The molecule has 0 atom stereocenters. The first-order valence-corrected chi connectivity index (χ1v) is 8.83. The zero-order valence-electron chi connectivity index (χ0n) is 14.7. The van der Waals surface area contributed by atoms with Gasteiger partial charge in [-0.25, -0.2) is 10.4 Å². The summed E-state index contributed by atoms with van der Waals surface area (Å²) < 4.78 is 5.44. The van der Waals surface area contributed by atoms with Gasteiger partial charge < -0.3 is 4.74 Å². The smallest absolute Gasteiger partial charge is 0.289 e. The van der Waals surface area contributed by atoms with Crippen LogP contribution in [0.2, 0.25) is 5.02 Å². The second-order valence-corrected chi connectivity index (χ2v) is 5.99. The van der Waals surface area contributed by atoms with E-state index in [9.17, 15) is 4.79 Å². The standard InChI is InChI=1S/C21H18ClN3O2/c1-2-27-17-12-10-15(11-13-17)19-8-5-9-20(24-19)21(26)25-23-14-16-6-3-4-7-18(16)22/h3-14H,2H2,1H3,(H,25,26)/b23-14+. The molecule has 0 unspecified atom stereocenters. The van der Waals surface area contributed by atoms with Crippen molar-refractivity contribution in [3.63, 3.8) is 0 Å². The monoisotopic (exact) mass is 379 g/mol. The van der Waals surface area contributed by atoms with E-state index in [2.05, 4.69) is 15.5 Å². The molecule has 0 bridgehead atoms. The average Bonchev–Trinajstić information content (AvgIpc) is 2.70. The number of carbonyl (C=O) groups is 1. The van der Waals surface area contributed by atoms with Gasteiger partial charge >= 0.3 is 0 Å². The lowest BCUT2D eigenvalue weighted by atomic mass is 10.1. The molecule has 0 aliphatic heterocycles. The average molecular weight is 380 g/mol. The predicted octanol–water partition coefficient (Wildman–Crippen LogP) is 4.56. The molecule has 0 saturated carbocycles. The molecular formula is C21H18ClN3O2. The molecule has 5 nitrogen and oxygen atoms in total. The van der Waals surface area contributed by atoms with E-state index < -0.39 is 5.91 Å². The van der Waals surface area contributed by atoms with Crippen molar-refractivity contribution in [1.82, 2.24) is 10.4 Å². The number of nitrogens with one attached hydrogen (secondary N) is 1. The molecule has 1 N–H and O–H groups in total. The molecule has 0 saturated heterocycles. The minimum Gasteiger partial charge on any atom is -0.494 e. The van der Waals surface area contributed by atoms with Crippen LogP contribution in [0.25, 0.3) is 11.3 Å². The van der Waals surface area contributed by atoms with Crippen LogP contribution in [0, 0.1) is 0 Å². The van der Waals surface area contributed by atoms with Gasteiger partial charge in [-0.1, -0.05) is 35.9 Å². The summed E-state index contributed by atoms with van der Waals surface area (Å²) in [5.74, 6) is 0.398. The molecule has 1 heterocycles. The number of rotatable bonds is 6. The second kappa shape index (κ2) is 8.96. The van der Waals surface area contributed by atoms with Crippen molar-refractivity contribution >= 4 is 23.7 Å². The number of hydrogen-bond donors (Lipinski definition) is 1. The van der Waals surface area contributed by atoms with Crippen molar-refractivity contribution in [2.75, 3.05) is 6.61 Å². The van der Waals surface area contributed by atoms with Gasteiger partial charge in [0.2, 0.25) is 0 Å². The quantitative estimate of drug-likeness (QED) is 0.504. The maximum absolute atomic E-state index is 12.3. The van der Waals surface area contributed by atoms with Gasteiger partial charge in [-0.3, -0.25) is 4.79 Å². The van der Waals surface area contributed by atoms with E-state index in [1.165, 1.54) is 6.21 Å². The Kier molecular flexibility index (Phi) is 6.18. The Labute approximate surface area is 162 Å². The van der Waals surface area contributed by atoms with Gasteiger partial charge in [0.25, 0.3) is 5.91 Å². The normalized spacial score (nSPS) is 10.7. The van der Waals surface area contributed by atoms with Crippen LogP contribution >= 0.6 is 11.6 Å². The lowest BCUT2D eigenvalue weighted by Crippen LogP contribution is -2.19. The van der Waals surface area contributed by atoms with E-state index in [1.54, 1.807) is 18.2 Å². The van der Waals surface area contributed by atoms with Crippen LogP contribution < -0.4 is 10.2 Å². The highest BCUT2D eigenvalue weighted by atomic mass is 35.5. The number of hydrogen-bond acceptors (Lipinski definition) is 4. The van der Waals surface area contributed by atoms with Crippen LogP contribution in [0.3, 0.4) is 0 Å². The molecular weight excluding hydrogens is 362 g/mol. The Bertz CT molecular complexity index is 956. The van der Waals surface area contributed by atoms with Gasteiger partial charge in [-0.05, 0) is 49.4 Å². The number of nitrogens with zero attached hydrogens (tertiary/aromatic N) is 2. The van der Waals surface area contributed by atoms with Crippen LogP contribution in [0.15, 0.2) is 71.8 Å². The molecule has 3 aromatic rings. The fourth-order valence-corrected chi connectivity index (χ4v) is 2.59. The zero-order valence-corrected chi connectivity index (χ0v) is 15.5. The number of pyridine rings is 1. The topological polar surface area (TPSA) is 63.6 Å². The van der Waals surface area contributed by atoms with Gasteiger partial charge in [0, 0.05) is 16.1 Å². The van der Waals surface area contributed by atoms with Crippen molar-refractivity contribution in [2.45, 2.75) is 6.92 Å². The van der Waals surface area contributed by atoms with Crippen LogP contribution in [-0.2, 0) is 0 Å². The summed E-state index contributed by atoms with van der Waals surface area (Å²) in [6.07, 6.45) is 1.50. The Balaban J connectivity index is 1.71. The Morgan fingerprint density at radius 3 is 2.63 bits per heavy atom. The number of hydrazone groups is 1. The van der Waals surface area contributed by atoms with Crippen LogP contribution in [0.1, 0.15) is 23.0 Å². The predicted molar refractivity (Wildman–Crippen MR) is 107 cm³/mol. The number of halogens is 1. The molecule has 6 heteroatoms. The highest BCUT2D eigenvalue weighted by Gasteiger charge is 2.08. The minimum atomic E-state index is -0.397. The first-order valence-electron chi connectivity index (χ1n) is 8.45. The molecule has 0 fully saturated rings. The second-order valence-electron chi connectivity index (χ2n) is 5.59. The lowest BCUT2D eigenvalue weighted by Gasteiger charge is -2.06. The van der Waals surface area contributed by atoms with Gasteiger partial charge in [0.15, 0.2) is 0 Å². The number of amides is 1. The first kappa shape index (κ1) is 18.6. The summed E-state index contributed by atoms with van der Waals surface area (Å²) in [5, 5.41) is 4.51. The molecule has 0 aliphatic carbocycles. The third-order valence-electron chi connectivity index (χ3n) is 3.72. The first-order chi connectivity index (χ1) is 13.2. The fourth-order valence-electron chi connectivity index (χ4n) is 2.41. The molecule has 0 spiro atoms. The molecule has 0 radical (unpaired) electrons. The van der Waals surface area contributed by atoms with Crippen molar-refractivity contribution in [3.8, 4) is 17.0 Å². The van der Waals surface area contributed by atoms with Gasteiger partial charge in [0.05, 0.1) is 18.5 Å². The fraction of sp³-hybridized carbons (Fsp3) is 0.0952. The zero-order chi connectivity index (χ0) is 19.1. The Hall–Kier alpha value is -3.18. The molecule has 0 aliphatic rings. The number of ether oxygens (including phenoxy) is 1. The molecule has 1 aromatic heterocycles. The number of carbonyl (C=O) groups excluding carboxylic acids is 1. The van der Waals surface area contributed by atoms with Crippen LogP contribution in [0.5, 0.6) is 5.75 Å². The number of benzene rings is 2. The van der Waals surface area contributed by atoms with Crippen molar-refractivity contribution in [2.24, 2.45) is 5.10 Å². The van der Waals surface area contributed by atoms with Gasteiger partial charge in [0.1, 0.15) is 11.4 Å². The summed E-state index contributed by atoms with van der Waals surface area (Å²) in [5.41, 5.74) is 5.05. The number of aromatic nitrogens is 1.